The van der Waals surface area contributed by atoms with Crippen LogP contribution in [0.2, 0.25) is 0 Å². The molecule has 0 spiro atoms. The minimum Gasteiger partial charge on any atom is -0.444 e. The molecule has 1 aromatic heterocycles. The van der Waals surface area contributed by atoms with Crippen LogP contribution in [-0.2, 0) is 11.3 Å². The summed E-state index contributed by atoms with van der Waals surface area (Å²) >= 11 is 0. The van der Waals surface area contributed by atoms with Crippen molar-refractivity contribution in [2.75, 3.05) is 45.9 Å². The Kier molecular flexibility index (Phi) is 7.52. The van der Waals surface area contributed by atoms with Gasteiger partial charge in [-0.1, -0.05) is 6.92 Å². The maximum Gasteiger partial charge on any atom is 0.216 e. The van der Waals surface area contributed by atoms with Crippen LogP contribution in [0.3, 0.4) is 0 Å². The largest absolute Gasteiger partial charge is 0.444 e. The number of hydrogen-bond acceptors (Lipinski definition) is 5. The summed E-state index contributed by atoms with van der Waals surface area (Å²) in [5.74, 6) is 2.86. The lowest BCUT2D eigenvalue weighted by atomic mass is 10.1. The van der Waals surface area contributed by atoms with Crippen molar-refractivity contribution in [1.82, 2.24) is 20.5 Å². The van der Waals surface area contributed by atoms with Crippen LogP contribution in [0, 0.1) is 19.8 Å². The van der Waals surface area contributed by atoms with E-state index in [2.05, 4.69) is 39.4 Å². The van der Waals surface area contributed by atoms with Gasteiger partial charge >= 0.3 is 0 Å². The van der Waals surface area contributed by atoms with Crippen LogP contribution >= 0.6 is 0 Å². The number of aliphatic imine (C=N–C) groups is 1. The molecule has 0 aromatic carbocycles. The quantitative estimate of drug-likeness (QED) is 0.577. The summed E-state index contributed by atoms with van der Waals surface area (Å²) in [6, 6.07) is 0. The number of aryl methyl sites for hydroxylation is 2. The average Bonchev–Trinajstić information content (AvgIpc) is 2.89. The van der Waals surface area contributed by atoms with Crippen LogP contribution in [0.5, 0.6) is 0 Å². The Morgan fingerprint density at radius 2 is 2.04 bits per heavy atom. The fourth-order valence-electron chi connectivity index (χ4n) is 2.66. The molecule has 1 fully saturated rings. The number of aromatic nitrogens is 1. The van der Waals surface area contributed by atoms with Crippen molar-refractivity contribution in [2.45, 2.75) is 34.2 Å². The highest BCUT2D eigenvalue weighted by Gasteiger charge is 2.14. The molecular weight excluding hydrogens is 306 g/mol. The maximum atomic E-state index is 5.58. The number of hydrogen-bond donors (Lipinski definition) is 2. The lowest BCUT2D eigenvalue weighted by Crippen LogP contribution is -2.44. The fourth-order valence-corrected chi connectivity index (χ4v) is 2.66. The van der Waals surface area contributed by atoms with Gasteiger partial charge in [-0.3, -0.25) is 4.90 Å². The second-order valence-electron chi connectivity index (χ2n) is 6.34. The van der Waals surface area contributed by atoms with Crippen molar-refractivity contribution in [1.29, 1.82) is 0 Å². The highest BCUT2D eigenvalue weighted by Crippen LogP contribution is 2.09. The Labute approximate surface area is 144 Å². The predicted octanol–water partition coefficient (Wildman–Crippen LogP) is 1.31. The van der Waals surface area contributed by atoms with E-state index in [1.54, 1.807) is 0 Å². The second-order valence-corrected chi connectivity index (χ2v) is 6.34. The third-order valence-electron chi connectivity index (χ3n) is 4.08. The molecule has 1 unspecified atom stereocenters. The van der Waals surface area contributed by atoms with Crippen molar-refractivity contribution in [3.63, 3.8) is 0 Å². The molecule has 1 aromatic rings. The SMILES string of the molecule is CCNC(=NCc1nc(C)c(C)o1)NCC(C)CN1CCOCC1. The average molecular weight is 337 g/mol. The van der Waals surface area contributed by atoms with Crippen LogP contribution in [0.1, 0.15) is 31.2 Å². The molecule has 136 valence electrons. The first kappa shape index (κ1) is 18.7. The first-order valence-electron chi connectivity index (χ1n) is 8.83. The van der Waals surface area contributed by atoms with Gasteiger partial charge in [0.15, 0.2) is 5.96 Å². The molecule has 0 bridgehead atoms. The van der Waals surface area contributed by atoms with Crippen LogP contribution in [0.4, 0.5) is 0 Å². The van der Waals surface area contributed by atoms with Crippen molar-refractivity contribution in [3.05, 3.63) is 17.3 Å². The van der Waals surface area contributed by atoms with Crippen LogP contribution in [0.15, 0.2) is 9.41 Å². The van der Waals surface area contributed by atoms with E-state index >= 15 is 0 Å². The van der Waals surface area contributed by atoms with Gasteiger partial charge in [0, 0.05) is 32.7 Å². The van der Waals surface area contributed by atoms with Gasteiger partial charge in [0.2, 0.25) is 5.89 Å². The molecule has 24 heavy (non-hydrogen) atoms. The molecule has 7 nitrogen and oxygen atoms in total. The molecule has 1 aliphatic heterocycles. The number of rotatable bonds is 7. The van der Waals surface area contributed by atoms with E-state index in [1.165, 1.54) is 0 Å². The number of guanidine groups is 1. The summed E-state index contributed by atoms with van der Waals surface area (Å²) in [4.78, 5) is 11.4. The Bertz CT molecular complexity index is 504. The van der Waals surface area contributed by atoms with Gasteiger partial charge in [0.05, 0.1) is 18.9 Å². The molecule has 2 heterocycles. The van der Waals surface area contributed by atoms with E-state index in [-0.39, 0.29) is 0 Å². The highest BCUT2D eigenvalue weighted by atomic mass is 16.5. The molecule has 0 aliphatic carbocycles. The van der Waals surface area contributed by atoms with E-state index in [0.717, 1.165) is 63.4 Å². The van der Waals surface area contributed by atoms with Gasteiger partial charge in [-0.25, -0.2) is 9.98 Å². The summed E-state index contributed by atoms with van der Waals surface area (Å²) < 4.78 is 11.0. The first-order chi connectivity index (χ1) is 11.6. The molecule has 1 saturated heterocycles. The smallest absolute Gasteiger partial charge is 0.216 e. The van der Waals surface area contributed by atoms with E-state index < -0.39 is 0 Å². The fraction of sp³-hybridized carbons (Fsp3) is 0.765. The number of nitrogens with zero attached hydrogens (tertiary/aromatic N) is 3. The van der Waals surface area contributed by atoms with Crippen molar-refractivity contribution >= 4 is 5.96 Å². The topological polar surface area (TPSA) is 74.9 Å². The maximum absolute atomic E-state index is 5.58. The zero-order chi connectivity index (χ0) is 17.4. The third kappa shape index (κ3) is 6.13. The van der Waals surface area contributed by atoms with Gasteiger partial charge in [0.1, 0.15) is 12.3 Å². The number of nitrogens with one attached hydrogen (secondary N) is 2. The van der Waals surface area contributed by atoms with E-state index in [4.69, 9.17) is 9.15 Å². The number of morpholine rings is 1. The molecular formula is C17H31N5O2. The summed E-state index contributed by atoms with van der Waals surface area (Å²) in [5.41, 5.74) is 0.928. The van der Waals surface area contributed by atoms with Gasteiger partial charge in [0.25, 0.3) is 0 Å². The second kappa shape index (κ2) is 9.64. The lowest BCUT2D eigenvalue weighted by Gasteiger charge is -2.29. The van der Waals surface area contributed by atoms with Gasteiger partial charge in [-0.2, -0.15) is 0 Å². The van der Waals surface area contributed by atoms with E-state index in [0.29, 0.717) is 18.4 Å². The van der Waals surface area contributed by atoms with Crippen LogP contribution in [0.25, 0.3) is 0 Å². The minimum atomic E-state index is 0.446. The van der Waals surface area contributed by atoms with Crippen molar-refractivity contribution in [3.8, 4) is 0 Å². The third-order valence-corrected chi connectivity index (χ3v) is 4.08. The van der Waals surface area contributed by atoms with Gasteiger partial charge in [-0.05, 0) is 26.7 Å². The zero-order valence-electron chi connectivity index (χ0n) is 15.4. The van der Waals surface area contributed by atoms with E-state index in [1.807, 2.05) is 13.8 Å². The molecule has 1 aliphatic rings. The molecule has 2 N–H and O–H groups in total. The monoisotopic (exact) mass is 337 g/mol. The molecule has 1 atom stereocenters. The first-order valence-corrected chi connectivity index (χ1v) is 8.83. The summed E-state index contributed by atoms with van der Waals surface area (Å²) in [6.45, 7) is 15.2. The minimum absolute atomic E-state index is 0.446. The van der Waals surface area contributed by atoms with Gasteiger partial charge < -0.3 is 19.8 Å². The zero-order valence-corrected chi connectivity index (χ0v) is 15.4. The standard InChI is InChI=1S/C17H31N5O2/c1-5-18-17(20-11-16-21-14(3)15(4)24-16)19-10-13(2)12-22-6-8-23-9-7-22/h13H,5-12H2,1-4H3,(H2,18,19,20). The molecule has 0 amide bonds. The molecule has 0 saturated carbocycles. The van der Waals surface area contributed by atoms with E-state index in [9.17, 15) is 0 Å². The van der Waals surface area contributed by atoms with Crippen molar-refractivity contribution in [2.24, 2.45) is 10.9 Å². The molecule has 0 radical (unpaired) electrons. The van der Waals surface area contributed by atoms with Crippen LogP contribution in [-0.4, -0.2) is 61.8 Å². The Hall–Kier alpha value is -1.60. The molecule has 2 rings (SSSR count). The lowest BCUT2D eigenvalue weighted by molar-refractivity contribution is 0.0320. The summed E-state index contributed by atoms with van der Waals surface area (Å²) in [7, 11) is 0. The highest BCUT2D eigenvalue weighted by molar-refractivity contribution is 5.79. The molecule has 7 heteroatoms. The predicted molar refractivity (Wildman–Crippen MR) is 95.2 cm³/mol. The van der Waals surface area contributed by atoms with Crippen molar-refractivity contribution < 1.29 is 9.15 Å². The Balaban J connectivity index is 1.79. The number of oxazole rings is 1. The Morgan fingerprint density at radius 1 is 1.29 bits per heavy atom. The summed E-state index contributed by atoms with van der Waals surface area (Å²) in [5, 5.41) is 6.68. The van der Waals surface area contributed by atoms with Gasteiger partial charge in [-0.15, -0.1) is 0 Å². The number of ether oxygens (including phenoxy) is 1. The summed E-state index contributed by atoms with van der Waals surface area (Å²) in [6.07, 6.45) is 0. The normalized spacial score (nSPS) is 17.8. The van der Waals surface area contributed by atoms with Crippen LogP contribution < -0.4 is 10.6 Å². The Morgan fingerprint density at radius 3 is 2.67 bits per heavy atom.